The van der Waals surface area contributed by atoms with Crippen molar-refractivity contribution in [2.75, 3.05) is 13.7 Å². The summed E-state index contributed by atoms with van der Waals surface area (Å²) in [6, 6.07) is 0.0798. The Morgan fingerprint density at radius 3 is 2.78 bits per heavy atom. The van der Waals surface area contributed by atoms with E-state index < -0.39 is 6.10 Å². The predicted octanol–water partition coefficient (Wildman–Crippen LogP) is 3.46. The third-order valence-electron chi connectivity index (χ3n) is 4.97. The van der Waals surface area contributed by atoms with Gasteiger partial charge in [0.2, 0.25) is 5.91 Å². The molecule has 3 atom stereocenters. The Morgan fingerprint density at radius 1 is 1.33 bits per heavy atom. The minimum absolute atomic E-state index is 0.0798. The van der Waals surface area contributed by atoms with Crippen LogP contribution in [-0.4, -0.2) is 47.7 Å². The molecule has 1 rings (SSSR count). The molecule has 0 aromatic rings. The SMILES string of the molecule is CCC#CC[C@@H](C)[C@@H](O)/C=C/[C@H]1CCC(=O)N1CCCCCCC(=O)OC. The normalized spacial score (nSPS) is 19.0. The van der Waals surface area contributed by atoms with Crippen LogP contribution in [0.5, 0.6) is 0 Å². The van der Waals surface area contributed by atoms with Crippen molar-refractivity contribution in [2.24, 2.45) is 5.92 Å². The molecule has 152 valence electrons. The van der Waals surface area contributed by atoms with Gasteiger partial charge in [-0.05, 0) is 25.2 Å². The number of methoxy groups -OCH3 is 1. The first-order valence-electron chi connectivity index (χ1n) is 10.2. The molecule has 5 heteroatoms. The van der Waals surface area contributed by atoms with E-state index in [1.54, 1.807) is 0 Å². The van der Waals surface area contributed by atoms with Crippen LogP contribution >= 0.6 is 0 Å². The summed E-state index contributed by atoms with van der Waals surface area (Å²) in [5, 5.41) is 10.3. The number of aliphatic hydroxyl groups excluding tert-OH is 1. The number of likely N-dealkylation sites (tertiary alicyclic amines) is 1. The Morgan fingerprint density at radius 2 is 2.07 bits per heavy atom. The van der Waals surface area contributed by atoms with Crippen molar-refractivity contribution < 1.29 is 19.4 Å². The lowest BCUT2D eigenvalue weighted by Crippen LogP contribution is -2.33. The first-order chi connectivity index (χ1) is 13.0. The zero-order valence-corrected chi connectivity index (χ0v) is 17.1. The highest BCUT2D eigenvalue weighted by atomic mass is 16.5. The van der Waals surface area contributed by atoms with Crippen LogP contribution < -0.4 is 0 Å². The predicted molar refractivity (Wildman–Crippen MR) is 107 cm³/mol. The topological polar surface area (TPSA) is 66.8 Å². The maximum absolute atomic E-state index is 12.1. The Bertz CT molecular complexity index is 546. The second kappa shape index (κ2) is 13.4. The molecule has 0 saturated carbocycles. The number of hydrogen-bond acceptors (Lipinski definition) is 4. The van der Waals surface area contributed by atoms with Crippen molar-refractivity contribution in [2.45, 2.75) is 83.8 Å². The Kier molecular flexibility index (Phi) is 11.5. The van der Waals surface area contributed by atoms with Crippen LogP contribution in [0, 0.1) is 17.8 Å². The van der Waals surface area contributed by atoms with E-state index in [4.69, 9.17) is 0 Å². The number of amides is 1. The Balaban J connectivity index is 2.37. The maximum atomic E-state index is 12.1. The summed E-state index contributed by atoms with van der Waals surface area (Å²) in [7, 11) is 1.41. The number of nitrogens with zero attached hydrogens (tertiary/aromatic N) is 1. The van der Waals surface area contributed by atoms with Gasteiger partial charge in [0, 0.05) is 32.2 Å². The average Bonchev–Trinajstić information content (AvgIpc) is 3.02. The van der Waals surface area contributed by atoms with E-state index in [-0.39, 0.29) is 23.8 Å². The average molecular weight is 378 g/mol. The number of carbonyl (C=O) groups is 2. The summed E-state index contributed by atoms with van der Waals surface area (Å²) in [6.45, 7) is 4.74. The molecule has 5 nitrogen and oxygen atoms in total. The molecule has 1 saturated heterocycles. The highest BCUT2D eigenvalue weighted by molar-refractivity contribution is 5.79. The molecule has 0 radical (unpaired) electrons. The molecule has 1 heterocycles. The zero-order chi connectivity index (χ0) is 20.1. The van der Waals surface area contributed by atoms with Crippen LogP contribution in [-0.2, 0) is 14.3 Å². The van der Waals surface area contributed by atoms with Gasteiger partial charge in [0.1, 0.15) is 0 Å². The number of carbonyl (C=O) groups excluding carboxylic acids is 2. The number of hydrogen-bond donors (Lipinski definition) is 1. The second-order valence-corrected chi connectivity index (χ2v) is 7.20. The van der Waals surface area contributed by atoms with Gasteiger partial charge >= 0.3 is 5.97 Å². The van der Waals surface area contributed by atoms with Gasteiger partial charge in [0.25, 0.3) is 0 Å². The van der Waals surface area contributed by atoms with Gasteiger partial charge in [-0.2, -0.15) is 0 Å². The lowest BCUT2D eigenvalue weighted by atomic mass is 10.00. The van der Waals surface area contributed by atoms with Gasteiger partial charge in [-0.15, -0.1) is 11.8 Å². The maximum Gasteiger partial charge on any atom is 0.305 e. The van der Waals surface area contributed by atoms with Gasteiger partial charge in [-0.25, -0.2) is 0 Å². The highest BCUT2D eigenvalue weighted by Crippen LogP contribution is 2.22. The van der Waals surface area contributed by atoms with Crippen molar-refractivity contribution >= 4 is 11.9 Å². The highest BCUT2D eigenvalue weighted by Gasteiger charge is 2.28. The zero-order valence-electron chi connectivity index (χ0n) is 17.1. The van der Waals surface area contributed by atoms with Crippen molar-refractivity contribution in [3.63, 3.8) is 0 Å². The van der Waals surface area contributed by atoms with E-state index in [1.807, 2.05) is 30.9 Å². The van der Waals surface area contributed by atoms with E-state index in [0.717, 1.165) is 45.1 Å². The lowest BCUT2D eigenvalue weighted by Gasteiger charge is -2.23. The van der Waals surface area contributed by atoms with Gasteiger partial charge in [0.05, 0.1) is 19.3 Å². The van der Waals surface area contributed by atoms with Gasteiger partial charge < -0.3 is 14.7 Å². The standard InChI is InChI=1S/C22H35NO4/c1-4-5-8-11-18(2)20(24)15-13-19-14-16-21(25)23(19)17-10-7-6-9-12-22(26)27-3/h13,15,18-20,24H,4,6-7,9-12,14,16-17H2,1-3H3/b15-13+/t18-,19+,20+/m1/s1. The molecule has 0 bridgehead atoms. The molecule has 0 aliphatic carbocycles. The lowest BCUT2D eigenvalue weighted by molar-refractivity contribution is -0.140. The van der Waals surface area contributed by atoms with E-state index in [1.165, 1.54) is 7.11 Å². The summed E-state index contributed by atoms with van der Waals surface area (Å²) in [4.78, 5) is 25.1. The van der Waals surface area contributed by atoms with Crippen LogP contribution in [0.3, 0.4) is 0 Å². The van der Waals surface area contributed by atoms with Crippen molar-refractivity contribution in [1.82, 2.24) is 4.90 Å². The quantitative estimate of drug-likeness (QED) is 0.259. The molecule has 0 spiro atoms. The molecular weight excluding hydrogens is 342 g/mol. The minimum atomic E-state index is -0.535. The summed E-state index contributed by atoms with van der Waals surface area (Å²) in [6.07, 6.45) is 10.4. The van der Waals surface area contributed by atoms with E-state index in [2.05, 4.69) is 16.6 Å². The minimum Gasteiger partial charge on any atom is -0.469 e. The molecule has 0 aromatic carbocycles. The van der Waals surface area contributed by atoms with E-state index in [0.29, 0.717) is 19.3 Å². The summed E-state index contributed by atoms with van der Waals surface area (Å²) in [5.74, 6) is 6.22. The molecule has 0 unspecified atom stereocenters. The molecule has 1 fully saturated rings. The fourth-order valence-electron chi connectivity index (χ4n) is 3.16. The fourth-order valence-corrected chi connectivity index (χ4v) is 3.16. The van der Waals surface area contributed by atoms with Crippen LogP contribution in [0.15, 0.2) is 12.2 Å². The number of aliphatic hydroxyl groups is 1. The molecule has 0 aromatic heterocycles. The van der Waals surface area contributed by atoms with Crippen LogP contribution in [0.2, 0.25) is 0 Å². The molecule has 27 heavy (non-hydrogen) atoms. The number of unbranched alkanes of at least 4 members (excludes halogenated alkanes) is 3. The fraction of sp³-hybridized carbons (Fsp3) is 0.727. The third-order valence-corrected chi connectivity index (χ3v) is 4.97. The van der Waals surface area contributed by atoms with E-state index >= 15 is 0 Å². The van der Waals surface area contributed by atoms with Gasteiger partial charge in [0.15, 0.2) is 0 Å². The number of rotatable bonds is 11. The molecular formula is C22H35NO4. The van der Waals surface area contributed by atoms with Gasteiger partial charge in [-0.1, -0.05) is 38.8 Å². The van der Waals surface area contributed by atoms with Crippen molar-refractivity contribution in [3.8, 4) is 11.8 Å². The molecule has 1 aliphatic rings. The number of esters is 1. The largest absolute Gasteiger partial charge is 0.469 e. The van der Waals surface area contributed by atoms with Crippen molar-refractivity contribution in [1.29, 1.82) is 0 Å². The monoisotopic (exact) mass is 377 g/mol. The Labute approximate surface area is 164 Å². The van der Waals surface area contributed by atoms with E-state index in [9.17, 15) is 14.7 Å². The van der Waals surface area contributed by atoms with Crippen LogP contribution in [0.1, 0.15) is 71.6 Å². The summed E-state index contributed by atoms with van der Waals surface area (Å²) < 4.78 is 4.63. The molecule has 1 amide bonds. The molecule has 1 N–H and O–H groups in total. The summed E-state index contributed by atoms with van der Waals surface area (Å²) >= 11 is 0. The third kappa shape index (κ3) is 9.10. The van der Waals surface area contributed by atoms with Crippen LogP contribution in [0.25, 0.3) is 0 Å². The van der Waals surface area contributed by atoms with Gasteiger partial charge in [-0.3, -0.25) is 9.59 Å². The van der Waals surface area contributed by atoms with Crippen molar-refractivity contribution in [3.05, 3.63) is 12.2 Å². The Hall–Kier alpha value is -1.80. The van der Waals surface area contributed by atoms with Crippen LogP contribution in [0.4, 0.5) is 0 Å². The second-order valence-electron chi connectivity index (χ2n) is 7.20. The summed E-state index contributed by atoms with van der Waals surface area (Å²) in [5.41, 5.74) is 0. The first-order valence-corrected chi connectivity index (χ1v) is 10.2. The smallest absolute Gasteiger partial charge is 0.305 e. The molecule has 1 aliphatic heterocycles. The first kappa shape index (κ1) is 23.2. The number of ether oxygens (including phenoxy) is 1.